The van der Waals surface area contributed by atoms with Crippen molar-refractivity contribution in [1.29, 1.82) is 0 Å². The normalized spacial score (nSPS) is 32.5. The average Bonchev–Trinajstić information content (AvgIpc) is 3.13. The summed E-state index contributed by atoms with van der Waals surface area (Å²) in [4.78, 5) is 0. The summed E-state index contributed by atoms with van der Waals surface area (Å²) in [5.41, 5.74) is 7.10. The van der Waals surface area contributed by atoms with Crippen molar-refractivity contribution in [3.05, 3.63) is 34.3 Å². The molecular formula is C16H22BrNO. The lowest BCUT2D eigenvalue weighted by Gasteiger charge is -2.22. The van der Waals surface area contributed by atoms with Crippen molar-refractivity contribution in [3.8, 4) is 0 Å². The lowest BCUT2D eigenvalue weighted by Crippen LogP contribution is -2.28. The number of fused-ring (bicyclic) bond motifs is 1. The van der Waals surface area contributed by atoms with Crippen molar-refractivity contribution >= 4 is 15.9 Å². The number of hydrogen-bond acceptors (Lipinski definition) is 2. The third-order valence-electron chi connectivity index (χ3n) is 5.06. The molecule has 4 atom stereocenters. The minimum Gasteiger partial charge on any atom is -0.392 e. The lowest BCUT2D eigenvalue weighted by molar-refractivity contribution is 0.112. The molecule has 2 aliphatic rings. The third-order valence-corrected chi connectivity index (χ3v) is 5.55. The quantitative estimate of drug-likeness (QED) is 0.893. The van der Waals surface area contributed by atoms with Crippen molar-refractivity contribution < 1.29 is 5.11 Å². The van der Waals surface area contributed by atoms with E-state index in [1.807, 2.05) is 12.1 Å². The summed E-state index contributed by atoms with van der Waals surface area (Å²) in [6.07, 6.45) is 5.03. The van der Waals surface area contributed by atoms with Gasteiger partial charge in [0.15, 0.2) is 0 Å². The van der Waals surface area contributed by atoms with Crippen molar-refractivity contribution in [3.63, 3.8) is 0 Å². The molecule has 2 saturated carbocycles. The van der Waals surface area contributed by atoms with Crippen molar-refractivity contribution in [2.24, 2.45) is 23.5 Å². The van der Waals surface area contributed by atoms with Crippen LogP contribution in [0.1, 0.15) is 37.2 Å². The molecule has 0 radical (unpaired) electrons. The van der Waals surface area contributed by atoms with Gasteiger partial charge < -0.3 is 10.8 Å². The Bertz CT molecular complexity index is 438. The zero-order valence-corrected chi connectivity index (χ0v) is 12.7. The molecule has 19 heavy (non-hydrogen) atoms. The number of rotatable bonds is 4. The highest BCUT2D eigenvalue weighted by Gasteiger charge is 2.55. The van der Waals surface area contributed by atoms with E-state index in [-0.39, 0.29) is 12.0 Å². The summed E-state index contributed by atoms with van der Waals surface area (Å²) >= 11 is 3.50. The molecule has 0 spiro atoms. The molecule has 0 heterocycles. The van der Waals surface area contributed by atoms with Crippen molar-refractivity contribution in [1.82, 2.24) is 0 Å². The molecule has 3 N–H and O–H groups in total. The molecule has 2 nitrogen and oxygen atoms in total. The van der Waals surface area contributed by atoms with Crippen LogP contribution in [0.4, 0.5) is 0 Å². The van der Waals surface area contributed by atoms with Gasteiger partial charge in [-0.2, -0.15) is 0 Å². The van der Waals surface area contributed by atoms with E-state index in [1.165, 1.54) is 25.7 Å². The van der Waals surface area contributed by atoms with Crippen molar-refractivity contribution in [2.45, 2.75) is 37.7 Å². The van der Waals surface area contributed by atoms with Crippen LogP contribution in [0.3, 0.4) is 0 Å². The van der Waals surface area contributed by atoms with Gasteiger partial charge in [-0.25, -0.2) is 0 Å². The Kier molecular flexibility index (Phi) is 3.97. The largest absolute Gasteiger partial charge is 0.392 e. The topological polar surface area (TPSA) is 46.2 Å². The average molecular weight is 324 g/mol. The van der Waals surface area contributed by atoms with Gasteiger partial charge in [0.2, 0.25) is 0 Å². The molecule has 3 rings (SSSR count). The van der Waals surface area contributed by atoms with Gasteiger partial charge in [0.25, 0.3) is 0 Å². The first-order chi connectivity index (χ1) is 9.22. The highest BCUT2D eigenvalue weighted by molar-refractivity contribution is 9.10. The Morgan fingerprint density at radius 1 is 1.26 bits per heavy atom. The van der Waals surface area contributed by atoms with Crippen LogP contribution in [0, 0.1) is 17.8 Å². The van der Waals surface area contributed by atoms with E-state index in [0.29, 0.717) is 12.5 Å². The van der Waals surface area contributed by atoms with E-state index in [2.05, 4.69) is 28.1 Å². The minimum absolute atomic E-state index is 0.0769. The molecule has 2 aliphatic carbocycles. The minimum atomic E-state index is -0.271. The molecule has 0 amide bonds. The number of aliphatic hydroxyl groups is 1. The van der Waals surface area contributed by atoms with E-state index in [0.717, 1.165) is 21.9 Å². The number of hydrogen-bond donors (Lipinski definition) is 2. The van der Waals surface area contributed by atoms with Gasteiger partial charge in [-0.05, 0) is 48.3 Å². The maximum atomic E-state index is 10.7. The van der Waals surface area contributed by atoms with E-state index in [9.17, 15) is 5.11 Å². The highest BCUT2D eigenvalue weighted by Crippen LogP contribution is 2.58. The number of benzene rings is 1. The fourth-order valence-electron chi connectivity index (χ4n) is 4.03. The Morgan fingerprint density at radius 2 is 1.95 bits per heavy atom. The van der Waals surface area contributed by atoms with Crippen LogP contribution in [0.15, 0.2) is 28.7 Å². The molecular weight excluding hydrogens is 302 g/mol. The summed E-state index contributed by atoms with van der Waals surface area (Å²) in [5, 5.41) is 10.7. The smallest absolute Gasteiger partial charge is 0.0654 e. The summed E-state index contributed by atoms with van der Waals surface area (Å²) < 4.78 is 1.06. The van der Waals surface area contributed by atoms with E-state index in [1.54, 1.807) is 0 Å². The summed E-state index contributed by atoms with van der Waals surface area (Å²) in [6, 6.07) is 8.21. The SMILES string of the molecule is NCC(c1cccc(Br)c1)C(O)C1C2CCCCC21. The molecule has 3 heteroatoms. The second-order valence-corrected chi connectivity index (χ2v) is 6.99. The zero-order chi connectivity index (χ0) is 13.4. The summed E-state index contributed by atoms with van der Waals surface area (Å²) in [7, 11) is 0. The van der Waals surface area contributed by atoms with Gasteiger partial charge in [0, 0.05) is 16.9 Å². The number of halogens is 1. The van der Waals surface area contributed by atoms with E-state index < -0.39 is 0 Å². The van der Waals surface area contributed by atoms with Crippen molar-refractivity contribution in [2.75, 3.05) is 6.54 Å². The van der Waals surface area contributed by atoms with E-state index in [4.69, 9.17) is 5.73 Å². The second kappa shape index (κ2) is 5.55. The van der Waals surface area contributed by atoms with Crippen LogP contribution in [0.2, 0.25) is 0 Å². The Morgan fingerprint density at radius 3 is 2.53 bits per heavy atom. The maximum Gasteiger partial charge on any atom is 0.0654 e. The van der Waals surface area contributed by atoms with Gasteiger partial charge >= 0.3 is 0 Å². The second-order valence-electron chi connectivity index (χ2n) is 6.08. The molecule has 0 aliphatic heterocycles. The first-order valence-electron chi connectivity index (χ1n) is 7.36. The van der Waals surface area contributed by atoms with E-state index >= 15 is 0 Å². The summed E-state index contributed by atoms with van der Waals surface area (Å²) in [6.45, 7) is 0.521. The van der Waals surface area contributed by atoms with Crippen LogP contribution in [0.25, 0.3) is 0 Å². The van der Waals surface area contributed by atoms with Gasteiger partial charge in [-0.3, -0.25) is 0 Å². The molecule has 0 bridgehead atoms. The number of aliphatic hydroxyl groups excluding tert-OH is 1. The fraction of sp³-hybridized carbons (Fsp3) is 0.625. The fourth-order valence-corrected chi connectivity index (χ4v) is 4.45. The van der Waals surface area contributed by atoms with Crippen LogP contribution >= 0.6 is 15.9 Å². The third kappa shape index (κ3) is 2.61. The molecule has 104 valence electrons. The Hall–Kier alpha value is -0.380. The maximum absolute atomic E-state index is 10.7. The lowest BCUT2D eigenvalue weighted by atomic mass is 9.89. The summed E-state index contributed by atoms with van der Waals surface area (Å²) in [5.74, 6) is 2.11. The van der Waals surface area contributed by atoms with Crippen LogP contribution < -0.4 is 5.73 Å². The molecule has 0 saturated heterocycles. The highest BCUT2D eigenvalue weighted by atomic mass is 79.9. The number of nitrogens with two attached hydrogens (primary N) is 1. The van der Waals surface area contributed by atoms with Gasteiger partial charge in [-0.15, -0.1) is 0 Å². The van der Waals surface area contributed by atoms with Crippen LogP contribution in [-0.4, -0.2) is 17.8 Å². The monoisotopic (exact) mass is 323 g/mol. The van der Waals surface area contributed by atoms with Crippen LogP contribution in [0.5, 0.6) is 0 Å². The first kappa shape index (κ1) is 13.6. The van der Waals surface area contributed by atoms with Gasteiger partial charge in [0.05, 0.1) is 6.10 Å². The zero-order valence-electron chi connectivity index (χ0n) is 11.1. The molecule has 1 aromatic carbocycles. The molecule has 0 aromatic heterocycles. The Labute approximate surface area is 123 Å². The predicted molar refractivity (Wildman–Crippen MR) is 80.9 cm³/mol. The van der Waals surface area contributed by atoms with Gasteiger partial charge in [0.1, 0.15) is 0 Å². The molecule has 1 aromatic rings. The Balaban J connectivity index is 1.75. The standard InChI is InChI=1S/C16H22BrNO/c17-11-5-3-4-10(8-11)14(9-18)16(19)15-12-6-1-2-7-13(12)15/h3-5,8,12-16,19H,1-2,6-7,9,18H2. The van der Waals surface area contributed by atoms with Gasteiger partial charge in [-0.1, -0.05) is 40.9 Å². The molecule has 2 fully saturated rings. The molecule has 4 unspecified atom stereocenters. The van der Waals surface area contributed by atoms with Crippen LogP contribution in [-0.2, 0) is 0 Å². The predicted octanol–water partition coefficient (Wildman–Crippen LogP) is 3.29. The first-order valence-corrected chi connectivity index (χ1v) is 8.15.